The molecule has 0 saturated heterocycles. The summed E-state index contributed by atoms with van der Waals surface area (Å²) in [6.07, 6.45) is 0.424. The zero-order valence-electron chi connectivity index (χ0n) is 12.9. The highest BCUT2D eigenvalue weighted by atomic mass is 79.9. The van der Waals surface area contributed by atoms with Crippen molar-refractivity contribution < 1.29 is 14.3 Å². The van der Waals surface area contributed by atoms with Crippen LogP contribution in [0.2, 0.25) is 0 Å². The van der Waals surface area contributed by atoms with Gasteiger partial charge in [0.1, 0.15) is 0 Å². The molecule has 0 fully saturated rings. The van der Waals surface area contributed by atoms with Crippen molar-refractivity contribution in [3.05, 3.63) is 51.0 Å². The largest absolute Gasteiger partial charge is 0.454 e. The fourth-order valence-corrected chi connectivity index (χ4v) is 3.86. The van der Waals surface area contributed by atoms with E-state index in [9.17, 15) is 4.79 Å². The molecule has 4 rings (SSSR count). The van der Waals surface area contributed by atoms with Gasteiger partial charge in [0.25, 0.3) is 0 Å². The summed E-state index contributed by atoms with van der Waals surface area (Å²) in [6, 6.07) is 8.12. The van der Waals surface area contributed by atoms with Crippen LogP contribution in [0.4, 0.5) is 5.69 Å². The molecular formula is C18H16BrNO3. The number of benzene rings is 2. The summed E-state index contributed by atoms with van der Waals surface area (Å²) in [6.45, 7) is 4.35. The van der Waals surface area contributed by atoms with Crippen LogP contribution < -0.4 is 14.8 Å². The molecule has 0 aromatic heterocycles. The molecular weight excluding hydrogens is 358 g/mol. The van der Waals surface area contributed by atoms with Gasteiger partial charge in [0, 0.05) is 22.5 Å². The normalized spacial score (nSPS) is 18.6. The summed E-state index contributed by atoms with van der Waals surface area (Å²) in [4.78, 5) is 12.2. The molecule has 2 aromatic carbocycles. The van der Waals surface area contributed by atoms with E-state index in [1.165, 1.54) is 5.56 Å². The molecule has 0 spiro atoms. The number of carbonyl (C=O) groups is 1. The first-order chi connectivity index (χ1) is 11.0. The second-order valence-corrected chi connectivity index (χ2v) is 6.86. The minimum absolute atomic E-state index is 0.00178. The average molecular weight is 374 g/mol. The summed E-state index contributed by atoms with van der Waals surface area (Å²) in [5.74, 6) is 1.52. The summed E-state index contributed by atoms with van der Waals surface area (Å²) >= 11 is 3.62. The Morgan fingerprint density at radius 1 is 1.13 bits per heavy atom. The molecule has 0 bridgehead atoms. The van der Waals surface area contributed by atoms with Crippen molar-refractivity contribution in [2.24, 2.45) is 0 Å². The standard InChI is InChI=1S/C18H16BrNO3/c1-9-3-4-11-12(6-17(21)20-18(11)10(9)2)13-5-15-16(7-14(13)19)23-8-22-15/h3-5,7,12H,6,8H2,1-2H3,(H,20,21)/t12-/m0/s1. The summed E-state index contributed by atoms with van der Waals surface area (Å²) in [7, 11) is 0. The van der Waals surface area contributed by atoms with Gasteiger partial charge in [0.15, 0.2) is 11.5 Å². The number of aryl methyl sites for hydroxylation is 1. The van der Waals surface area contributed by atoms with E-state index >= 15 is 0 Å². The predicted molar refractivity (Wildman–Crippen MR) is 91.3 cm³/mol. The Labute approximate surface area is 142 Å². The van der Waals surface area contributed by atoms with Crippen LogP contribution in [-0.2, 0) is 4.79 Å². The van der Waals surface area contributed by atoms with E-state index in [1.54, 1.807) is 0 Å². The Balaban J connectivity index is 1.88. The molecule has 118 valence electrons. The topological polar surface area (TPSA) is 47.6 Å². The van der Waals surface area contributed by atoms with E-state index in [-0.39, 0.29) is 18.6 Å². The van der Waals surface area contributed by atoms with Crippen LogP contribution >= 0.6 is 15.9 Å². The molecule has 2 heterocycles. The number of rotatable bonds is 1. The summed E-state index contributed by atoms with van der Waals surface area (Å²) in [5.41, 5.74) is 5.43. The summed E-state index contributed by atoms with van der Waals surface area (Å²) in [5, 5.41) is 3.03. The molecule has 0 aliphatic carbocycles. The van der Waals surface area contributed by atoms with E-state index in [0.29, 0.717) is 6.42 Å². The van der Waals surface area contributed by atoms with Crippen LogP contribution in [0.5, 0.6) is 11.5 Å². The summed E-state index contributed by atoms with van der Waals surface area (Å²) < 4.78 is 11.9. The fraction of sp³-hybridized carbons (Fsp3) is 0.278. The zero-order valence-corrected chi connectivity index (χ0v) is 14.5. The first-order valence-electron chi connectivity index (χ1n) is 7.53. The Morgan fingerprint density at radius 3 is 2.65 bits per heavy atom. The quantitative estimate of drug-likeness (QED) is 0.811. The molecule has 2 aromatic rings. The van der Waals surface area contributed by atoms with Crippen molar-refractivity contribution in [2.45, 2.75) is 26.2 Å². The van der Waals surface area contributed by atoms with E-state index in [4.69, 9.17) is 9.47 Å². The Hall–Kier alpha value is -2.01. The van der Waals surface area contributed by atoms with Gasteiger partial charge in [-0.05, 0) is 48.2 Å². The van der Waals surface area contributed by atoms with Crippen molar-refractivity contribution in [3.63, 3.8) is 0 Å². The number of nitrogens with one attached hydrogen (secondary N) is 1. The van der Waals surface area contributed by atoms with Crippen LogP contribution in [0.1, 0.15) is 34.6 Å². The lowest BCUT2D eigenvalue weighted by Crippen LogP contribution is -2.24. The third-order valence-electron chi connectivity index (χ3n) is 4.66. The highest BCUT2D eigenvalue weighted by Gasteiger charge is 2.30. The maximum absolute atomic E-state index is 12.2. The first-order valence-corrected chi connectivity index (χ1v) is 8.33. The molecule has 4 nitrogen and oxygen atoms in total. The monoisotopic (exact) mass is 373 g/mol. The van der Waals surface area contributed by atoms with Gasteiger partial charge in [-0.1, -0.05) is 28.1 Å². The van der Waals surface area contributed by atoms with Crippen molar-refractivity contribution in [1.82, 2.24) is 0 Å². The maximum atomic E-state index is 12.2. The number of ether oxygens (including phenoxy) is 2. The Morgan fingerprint density at radius 2 is 1.87 bits per heavy atom. The molecule has 23 heavy (non-hydrogen) atoms. The van der Waals surface area contributed by atoms with Gasteiger partial charge in [0.2, 0.25) is 12.7 Å². The van der Waals surface area contributed by atoms with Gasteiger partial charge in [-0.15, -0.1) is 0 Å². The lowest BCUT2D eigenvalue weighted by Gasteiger charge is -2.28. The average Bonchev–Trinajstić information content (AvgIpc) is 2.97. The number of hydrogen-bond acceptors (Lipinski definition) is 3. The Kier molecular flexibility index (Phi) is 3.34. The number of halogens is 1. The van der Waals surface area contributed by atoms with Crippen molar-refractivity contribution in [2.75, 3.05) is 12.1 Å². The van der Waals surface area contributed by atoms with Gasteiger partial charge in [-0.3, -0.25) is 4.79 Å². The first kappa shape index (κ1) is 14.6. The van der Waals surface area contributed by atoms with Crippen LogP contribution in [0, 0.1) is 13.8 Å². The highest BCUT2D eigenvalue weighted by molar-refractivity contribution is 9.10. The molecule has 1 N–H and O–H groups in total. The van der Waals surface area contributed by atoms with Gasteiger partial charge in [-0.25, -0.2) is 0 Å². The van der Waals surface area contributed by atoms with Crippen LogP contribution in [0.25, 0.3) is 0 Å². The number of carbonyl (C=O) groups excluding carboxylic acids is 1. The number of fused-ring (bicyclic) bond motifs is 2. The third kappa shape index (κ3) is 2.30. The second-order valence-electron chi connectivity index (χ2n) is 6.00. The van der Waals surface area contributed by atoms with Gasteiger partial charge >= 0.3 is 0 Å². The fourth-order valence-electron chi connectivity index (χ4n) is 3.26. The molecule has 0 unspecified atom stereocenters. The third-order valence-corrected chi connectivity index (χ3v) is 5.35. The molecule has 2 aliphatic heterocycles. The van der Waals surface area contributed by atoms with E-state index in [1.807, 2.05) is 19.1 Å². The predicted octanol–water partition coefficient (Wildman–Crippen LogP) is 4.27. The minimum Gasteiger partial charge on any atom is -0.454 e. The minimum atomic E-state index is 0.00178. The lowest BCUT2D eigenvalue weighted by molar-refractivity contribution is -0.116. The van der Waals surface area contributed by atoms with E-state index in [0.717, 1.165) is 38.3 Å². The van der Waals surface area contributed by atoms with Crippen molar-refractivity contribution in [1.29, 1.82) is 0 Å². The van der Waals surface area contributed by atoms with Crippen LogP contribution in [0.15, 0.2) is 28.7 Å². The number of anilines is 1. The lowest BCUT2D eigenvalue weighted by atomic mass is 9.83. The van der Waals surface area contributed by atoms with Crippen LogP contribution in [-0.4, -0.2) is 12.7 Å². The number of hydrogen-bond donors (Lipinski definition) is 1. The molecule has 2 aliphatic rings. The SMILES string of the molecule is Cc1ccc2c(c1C)NC(=O)C[C@@H]2c1cc2c(cc1Br)OCO2. The zero-order chi connectivity index (χ0) is 16.1. The van der Waals surface area contributed by atoms with Gasteiger partial charge in [0.05, 0.1) is 0 Å². The molecule has 0 saturated carbocycles. The maximum Gasteiger partial charge on any atom is 0.231 e. The molecule has 0 radical (unpaired) electrons. The molecule has 5 heteroatoms. The van der Waals surface area contributed by atoms with E-state index in [2.05, 4.69) is 40.3 Å². The van der Waals surface area contributed by atoms with Crippen molar-refractivity contribution in [3.8, 4) is 11.5 Å². The number of amides is 1. The smallest absolute Gasteiger partial charge is 0.231 e. The van der Waals surface area contributed by atoms with Gasteiger partial charge in [-0.2, -0.15) is 0 Å². The highest BCUT2D eigenvalue weighted by Crippen LogP contribution is 2.45. The van der Waals surface area contributed by atoms with Crippen LogP contribution in [0.3, 0.4) is 0 Å². The molecule has 1 atom stereocenters. The second kappa shape index (κ2) is 5.27. The molecule has 1 amide bonds. The van der Waals surface area contributed by atoms with Crippen molar-refractivity contribution >= 4 is 27.5 Å². The van der Waals surface area contributed by atoms with E-state index < -0.39 is 0 Å². The Bertz CT molecular complexity index is 832. The van der Waals surface area contributed by atoms with Gasteiger partial charge < -0.3 is 14.8 Å².